The second-order valence-electron chi connectivity index (χ2n) is 6.87. The summed E-state index contributed by atoms with van der Waals surface area (Å²) in [5.41, 5.74) is 0. The summed E-state index contributed by atoms with van der Waals surface area (Å²) in [5.74, 6) is -1.64. The number of nitrogens with zero attached hydrogens (tertiary/aromatic N) is 2. The Morgan fingerprint density at radius 1 is 1.17 bits per heavy atom. The van der Waals surface area contributed by atoms with Crippen LogP contribution in [0.3, 0.4) is 0 Å². The van der Waals surface area contributed by atoms with Gasteiger partial charge in [-0.1, -0.05) is 13.8 Å². The van der Waals surface area contributed by atoms with Crippen molar-refractivity contribution in [3.63, 3.8) is 0 Å². The van der Waals surface area contributed by atoms with Crippen LogP contribution < -0.4 is 0 Å². The highest BCUT2D eigenvalue weighted by molar-refractivity contribution is 5.90. The lowest BCUT2D eigenvalue weighted by Crippen LogP contribution is -2.50. The second-order valence-corrected chi connectivity index (χ2v) is 6.87. The van der Waals surface area contributed by atoms with Crippen LogP contribution in [0.15, 0.2) is 0 Å². The fraction of sp³-hybridized carbons (Fsp3) is 0.824. The lowest BCUT2D eigenvalue weighted by Gasteiger charge is -2.38. The number of amides is 2. The van der Waals surface area contributed by atoms with Gasteiger partial charge in [-0.2, -0.15) is 0 Å². The number of aliphatic carboxylic acids is 1. The van der Waals surface area contributed by atoms with E-state index in [0.29, 0.717) is 19.4 Å². The van der Waals surface area contributed by atoms with E-state index >= 15 is 0 Å². The summed E-state index contributed by atoms with van der Waals surface area (Å²) in [7, 11) is 0. The topological polar surface area (TPSA) is 77.9 Å². The van der Waals surface area contributed by atoms with E-state index in [1.807, 2.05) is 11.8 Å². The first kappa shape index (κ1) is 17.8. The van der Waals surface area contributed by atoms with E-state index in [9.17, 15) is 19.5 Å². The minimum atomic E-state index is -0.837. The molecule has 0 bridgehead atoms. The summed E-state index contributed by atoms with van der Waals surface area (Å²) in [6.07, 6.45) is 3.37. The SMILES string of the molecule is CCC(CC)N1CC(C(=O)N2CC(C(=O)O)CCC2C)CC1=O. The average Bonchev–Trinajstić information content (AvgIpc) is 2.90. The van der Waals surface area contributed by atoms with Crippen molar-refractivity contribution in [3.8, 4) is 0 Å². The highest BCUT2D eigenvalue weighted by Crippen LogP contribution is 2.29. The van der Waals surface area contributed by atoms with E-state index in [0.717, 1.165) is 12.8 Å². The first-order valence-electron chi connectivity index (χ1n) is 8.71. The van der Waals surface area contributed by atoms with Gasteiger partial charge < -0.3 is 14.9 Å². The number of hydrogen-bond donors (Lipinski definition) is 1. The zero-order valence-corrected chi connectivity index (χ0v) is 14.3. The van der Waals surface area contributed by atoms with Crippen molar-refractivity contribution < 1.29 is 19.5 Å². The van der Waals surface area contributed by atoms with Crippen molar-refractivity contribution in [2.75, 3.05) is 13.1 Å². The van der Waals surface area contributed by atoms with Crippen LogP contribution in [0.25, 0.3) is 0 Å². The number of carboxylic acids is 1. The summed E-state index contributed by atoms with van der Waals surface area (Å²) < 4.78 is 0. The molecular formula is C17H28N2O4. The van der Waals surface area contributed by atoms with Crippen LogP contribution >= 0.6 is 0 Å². The summed E-state index contributed by atoms with van der Waals surface area (Å²) in [6, 6.07) is 0.251. The van der Waals surface area contributed by atoms with Crippen LogP contribution in [0, 0.1) is 11.8 Å². The van der Waals surface area contributed by atoms with Gasteiger partial charge in [0, 0.05) is 31.6 Å². The van der Waals surface area contributed by atoms with Gasteiger partial charge in [-0.3, -0.25) is 14.4 Å². The van der Waals surface area contributed by atoms with Crippen LogP contribution in [0.2, 0.25) is 0 Å². The fourth-order valence-electron chi connectivity index (χ4n) is 3.83. The predicted molar refractivity (Wildman–Crippen MR) is 85.7 cm³/mol. The van der Waals surface area contributed by atoms with Gasteiger partial charge in [-0.05, 0) is 32.6 Å². The number of likely N-dealkylation sites (tertiary alicyclic amines) is 2. The largest absolute Gasteiger partial charge is 0.481 e. The molecule has 2 amide bonds. The third kappa shape index (κ3) is 3.67. The zero-order valence-electron chi connectivity index (χ0n) is 14.3. The van der Waals surface area contributed by atoms with Crippen molar-refractivity contribution >= 4 is 17.8 Å². The minimum Gasteiger partial charge on any atom is -0.481 e. The van der Waals surface area contributed by atoms with E-state index in [1.54, 1.807) is 4.90 Å². The Bertz CT molecular complexity index is 475. The number of carbonyl (C=O) groups is 3. The molecule has 6 heteroatoms. The minimum absolute atomic E-state index is 0.0507. The molecule has 2 rings (SSSR count). The highest BCUT2D eigenvalue weighted by Gasteiger charge is 2.41. The van der Waals surface area contributed by atoms with Crippen molar-refractivity contribution in [2.24, 2.45) is 11.8 Å². The van der Waals surface area contributed by atoms with Gasteiger partial charge in [-0.15, -0.1) is 0 Å². The van der Waals surface area contributed by atoms with Gasteiger partial charge in [-0.25, -0.2) is 0 Å². The van der Waals surface area contributed by atoms with Gasteiger partial charge in [0.05, 0.1) is 11.8 Å². The van der Waals surface area contributed by atoms with E-state index in [2.05, 4.69) is 13.8 Å². The molecule has 2 heterocycles. The fourth-order valence-corrected chi connectivity index (χ4v) is 3.83. The van der Waals surface area contributed by atoms with Gasteiger partial charge in [0.25, 0.3) is 0 Å². The number of carbonyl (C=O) groups excluding carboxylic acids is 2. The number of hydrogen-bond acceptors (Lipinski definition) is 3. The van der Waals surface area contributed by atoms with Crippen molar-refractivity contribution in [2.45, 2.75) is 65.0 Å². The van der Waals surface area contributed by atoms with Crippen molar-refractivity contribution in [3.05, 3.63) is 0 Å². The molecule has 0 aliphatic carbocycles. The van der Waals surface area contributed by atoms with E-state index in [-0.39, 0.29) is 42.8 Å². The quantitative estimate of drug-likeness (QED) is 0.835. The third-order valence-corrected chi connectivity index (χ3v) is 5.41. The molecule has 130 valence electrons. The van der Waals surface area contributed by atoms with Crippen LogP contribution in [-0.4, -0.2) is 57.9 Å². The zero-order chi connectivity index (χ0) is 17.1. The standard InChI is InChI=1S/C17H28N2O4/c1-4-14(5-2)19-10-13(8-15(19)20)16(21)18-9-12(17(22)23)7-6-11(18)3/h11-14H,4-10H2,1-3H3,(H,22,23). The average molecular weight is 324 g/mol. The summed E-state index contributed by atoms with van der Waals surface area (Å²) in [6.45, 7) is 6.82. The van der Waals surface area contributed by atoms with Crippen molar-refractivity contribution in [1.82, 2.24) is 9.80 Å². The second kappa shape index (κ2) is 7.32. The molecule has 0 aromatic carbocycles. The highest BCUT2D eigenvalue weighted by atomic mass is 16.4. The molecule has 0 aromatic heterocycles. The number of rotatable bonds is 5. The Labute approximate surface area is 137 Å². The molecule has 2 aliphatic rings. The molecule has 6 nitrogen and oxygen atoms in total. The summed E-state index contributed by atoms with van der Waals surface area (Å²) in [5, 5.41) is 9.21. The number of piperidine rings is 1. The molecule has 3 atom stereocenters. The maximum atomic E-state index is 12.8. The molecule has 2 aliphatic heterocycles. The molecular weight excluding hydrogens is 296 g/mol. The first-order chi connectivity index (χ1) is 10.9. The Kier molecular flexibility index (Phi) is 5.65. The lowest BCUT2D eigenvalue weighted by molar-refractivity contribution is -0.148. The third-order valence-electron chi connectivity index (χ3n) is 5.41. The molecule has 0 radical (unpaired) electrons. The smallest absolute Gasteiger partial charge is 0.308 e. The van der Waals surface area contributed by atoms with Gasteiger partial charge in [0.15, 0.2) is 0 Å². The monoisotopic (exact) mass is 324 g/mol. The molecule has 0 saturated carbocycles. The van der Waals surface area contributed by atoms with Crippen LogP contribution in [0.4, 0.5) is 0 Å². The molecule has 23 heavy (non-hydrogen) atoms. The lowest BCUT2D eigenvalue weighted by atomic mass is 9.92. The molecule has 2 saturated heterocycles. The molecule has 2 fully saturated rings. The maximum absolute atomic E-state index is 12.8. The predicted octanol–water partition coefficient (Wildman–Crippen LogP) is 1.74. The molecule has 0 spiro atoms. The van der Waals surface area contributed by atoms with E-state index in [4.69, 9.17) is 0 Å². The Balaban J connectivity index is 2.05. The first-order valence-corrected chi connectivity index (χ1v) is 8.71. The van der Waals surface area contributed by atoms with Crippen molar-refractivity contribution in [1.29, 1.82) is 0 Å². The van der Waals surface area contributed by atoms with Crippen LogP contribution in [0.5, 0.6) is 0 Å². The van der Waals surface area contributed by atoms with Gasteiger partial charge in [0.1, 0.15) is 0 Å². The Morgan fingerprint density at radius 3 is 2.39 bits per heavy atom. The van der Waals surface area contributed by atoms with Gasteiger partial charge in [0.2, 0.25) is 11.8 Å². The van der Waals surface area contributed by atoms with Crippen LogP contribution in [0.1, 0.15) is 52.9 Å². The molecule has 3 unspecified atom stereocenters. The van der Waals surface area contributed by atoms with Crippen LogP contribution in [-0.2, 0) is 14.4 Å². The van der Waals surface area contributed by atoms with Gasteiger partial charge >= 0.3 is 5.97 Å². The van der Waals surface area contributed by atoms with E-state index < -0.39 is 11.9 Å². The molecule has 1 N–H and O–H groups in total. The molecule has 0 aromatic rings. The Morgan fingerprint density at radius 2 is 1.83 bits per heavy atom. The Hall–Kier alpha value is -1.59. The van der Waals surface area contributed by atoms with E-state index in [1.165, 1.54) is 0 Å². The normalized spacial score (nSPS) is 28.5. The maximum Gasteiger partial charge on any atom is 0.308 e. The summed E-state index contributed by atoms with van der Waals surface area (Å²) >= 11 is 0. The number of carboxylic acid groups (broad SMARTS) is 1. The summed E-state index contributed by atoms with van der Waals surface area (Å²) in [4.78, 5) is 39.8.